The Bertz CT molecular complexity index is 572. The zero-order valence-electron chi connectivity index (χ0n) is 15.9. The Labute approximate surface area is 151 Å². The molecule has 2 amide bonds. The minimum absolute atomic E-state index is 0.0516. The first-order chi connectivity index (χ1) is 11.9. The van der Waals surface area contributed by atoms with Crippen LogP contribution in [0.4, 0.5) is 0 Å². The smallest absolute Gasteiger partial charge is 0.225 e. The van der Waals surface area contributed by atoms with Gasteiger partial charge >= 0.3 is 0 Å². The molecule has 1 fully saturated rings. The number of carbonyl (C=O) groups is 2. The summed E-state index contributed by atoms with van der Waals surface area (Å²) in [7, 11) is 0. The van der Waals surface area contributed by atoms with Gasteiger partial charge in [-0.05, 0) is 36.3 Å². The molecule has 2 rings (SSSR count). The normalized spacial score (nSPS) is 21.0. The maximum atomic E-state index is 12.8. The molecule has 0 bridgehead atoms. The third kappa shape index (κ3) is 5.28. The van der Waals surface area contributed by atoms with Gasteiger partial charge in [0.15, 0.2) is 0 Å². The maximum absolute atomic E-state index is 12.8. The molecular weight excluding hydrogens is 314 g/mol. The second kappa shape index (κ2) is 8.97. The van der Waals surface area contributed by atoms with E-state index in [1.165, 1.54) is 0 Å². The van der Waals surface area contributed by atoms with Crippen LogP contribution in [-0.2, 0) is 9.59 Å². The molecule has 1 aliphatic rings. The van der Waals surface area contributed by atoms with Crippen molar-refractivity contribution in [2.24, 2.45) is 17.8 Å². The molecule has 138 valence electrons. The second-order valence-corrected chi connectivity index (χ2v) is 7.79. The number of piperidine rings is 1. The van der Waals surface area contributed by atoms with Gasteiger partial charge in [0.05, 0.1) is 12.0 Å². The fourth-order valence-corrected chi connectivity index (χ4v) is 3.41. The molecule has 0 spiro atoms. The Balaban J connectivity index is 2.23. The van der Waals surface area contributed by atoms with Gasteiger partial charge in [0.25, 0.3) is 0 Å². The highest BCUT2D eigenvalue weighted by Crippen LogP contribution is 2.37. The molecule has 1 aromatic heterocycles. The highest BCUT2D eigenvalue weighted by molar-refractivity contribution is 5.85. The first-order valence-electron chi connectivity index (χ1n) is 9.37. The summed E-state index contributed by atoms with van der Waals surface area (Å²) in [6, 6.07) is 3.62. The van der Waals surface area contributed by atoms with Crippen LogP contribution in [0.3, 0.4) is 0 Å². The monoisotopic (exact) mass is 345 g/mol. The van der Waals surface area contributed by atoms with E-state index in [4.69, 9.17) is 0 Å². The average molecular weight is 345 g/mol. The summed E-state index contributed by atoms with van der Waals surface area (Å²) in [5.74, 6) is 0.878. The first-order valence-corrected chi connectivity index (χ1v) is 9.37. The number of pyridine rings is 1. The minimum Gasteiger partial charge on any atom is -0.356 e. The lowest BCUT2D eigenvalue weighted by atomic mass is 9.83. The fraction of sp³-hybridized carbons (Fsp3) is 0.650. The van der Waals surface area contributed by atoms with Crippen molar-refractivity contribution in [1.82, 2.24) is 15.2 Å². The van der Waals surface area contributed by atoms with Gasteiger partial charge in [-0.2, -0.15) is 0 Å². The summed E-state index contributed by atoms with van der Waals surface area (Å²) in [6.45, 7) is 9.83. The van der Waals surface area contributed by atoms with Crippen LogP contribution in [0.5, 0.6) is 0 Å². The molecule has 25 heavy (non-hydrogen) atoms. The van der Waals surface area contributed by atoms with Crippen LogP contribution in [0.25, 0.3) is 0 Å². The Hall–Kier alpha value is -1.91. The molecule has 1 saturated heterocycles. The van der Waals surface area contributed by atoms with E-state index in [0.29, 0.717) is 37.8 Å². The van der Waals surface area contributed by atoms with E-state index >= 15 is 0 Å². The predicted octanol–water partition coefficient (Wildman–Crippen LogP) is 3.18. The lowest BCUT2D eigenvalue weighted by Gasteiger charge is -2.41. The minimum atomic E-state index is -0.226. The van der Waals surface area contributed by atoms with Gasteiger partial charge in [0, 0.05) is 31.9 Å². The van der Waals surface area contributed by atoms with Gasteiger partial charge in [-0.15, -0.1) is 0 Å². The lowest BCUT2D eigenvalue weighted by Crippen LogP contribution is -2.49. The number of nitrogens with one attached hydrogen (secondary N) is 1. The summed E-state index contributed by atoms with van der Waals surface area (Å²) in [4.78, 5) is 31.5. The Morgan fingerprint density at radius 2 is 2.08 bits per heavy atom. The summed E-state index contributed by atoms with van der Waals surface area (Å²) in [5.41, 5.74) is 0.945. The second-order valence-electron chi connectivity index (χ2n) is 7.79. The van der Waals surface area contributed by atoms with Gasteiger partial charge in [-0.3, -0.25) is 14.6 Å². The molecule has 0 unspecified atom stereocenters. The summed E-state index contributed by atoms with van der Waals surface area (Å²) >= 11 is 0. The van der Waals surface area contributed by atoms with Crippen molar-refractivity contribution >= 4 is 11.8 Å². The highest BCUT2D eigenvalue weighted by Gasteiger charge is 2.40. The quantitative estimate of drug-likeness (QED) is 0.825. The molecule has 2 heterocycles. The van der Waals surface area contributed by atoms with Crippen LogP contribution >= 0.6 is 0 Å². The number of aromatic nitrogens is 1. The van der Waals surface area contributed by atoms with E-state index in [0.717, 1.165) is 12.0 Å². The topological polar surface area (TPSA) is 62.3 Å². The standard InChI is InChI=1S/C20H31N3O2/c1-14(2)9-11-22-20(25)17-7-8-18(24)23(13-15(3)4)19(17)16-6-5-10-21-12-16/h5-6,10,12,14-15,17,19H,7-9,11,13H2,1-4H3,(H,22,25)/t17-,19+/m1/s1. The molecule has 0 radical (unpaired) electrons. The molecule has 5 nitrogen and oxygen atoms in total. The number of rotatable bonds is 7. The van der Waals surface area contributed by atoms with Gasteiger partial charge in [-0.25, -0.2) is 0 Å². The third-order valence-electron chi connectivity index (χ3n) is 4.65. The Kier molecular flexibility index (Phi) is 6.97. The molecule has 1 N–H and O–H groups in total. The summed E-state index contributed by atoms with van der Waals surface area (Å²) in [6.07, 6.45) is 5.50. The van der Waals surface area contributed by atoms with Crippen molar-refractivity contribution in [2.75, 3.05) is 13.1 Å². The van der Waals surface area contributed by atoms with Crippen molar-refractivity contribution in [2.45, 2.75) is 53.0 Å². The Morgan fingerprint density at radius 1 is 1.32 bits per heavy atom. The average Bonchev–Trinajstić information content (AvgIpc) is 2.56. The van der Waals surface area contributed by atoms with Crippen LogP contribution in [0.15, 0.2) is 24.5 Å². The van der Waals surface area contributed by atoms with E-state index in [9.17, 15) is 9.59 Å². The molecule has 0 saturated carbocycles. The van der Waals surface area contributed by atoms with Crippen LogP contribution in [0, 0.1) is 17.8 Å². The van der Waals surface area contributed by atoms with Crippen molar-refractivity contribution in [3.05, 3.63) is 30.1 Å². The number of nitrogens with zero attached hydrogens (tertiary/aromatic N) is 2. The number of hydrogen-bond donors (Lipinski definition) is 1. The number of hydrogen-bond acceptors (Lipinski definition) is 3. The first kappa shape index (κ1) is 19.4. The van der Waals surface area contributed by atoms with E-state index in [-0.39, 0.29) is 23.8 Å². The van der Waals surface area contributed by atoms with Crippen molar-refractivity contribution in [1.29, 1.82) is 0 Å². The van der Waals surface area contributed by atoms with Crippen LogP contribution in [0.1, 0.15) is 58.6 Å². The molecule has 5 heteroatoms. The molecule has 0 aliphatic carbocycles. The molecular formula is C20H31N3O2. The number of amides is 2. The summed E-state index contributed by atoms with van der Waals surface area (Å²) < 4.78 is 0. The molecule has 1 aromatic rings. The van der Waals surface area contributed by atoms with Crippen LogP contribution in [-0.4, -0.2) is 34.8 Å². The van der Waals surface area contributed by atoms with Gasteiger partial charge in [-0.1, -0.05) is 33.8 Å². The zero-order chi connectivity index (χ0) is 18.4. The van der Waals surface area contributed by atoms with Crippen LogP contribution in [0.2, 0.25) is 0 Å². The zero-order valence-corrected chi connectivity index (χ0v) is 15.9. The summed E-state index contributed by atoms with van der Waals surface area (Å²) in [5, 5.41) is 3.07. The lowest BCUT2D eigenvalue weighted by molar-refractivity contribution is -0.144. The van der Waals surface area contributed by atoms with E-state index in [1.807, 2.05) is 17.0 Å². The molecule has 2 atom stereocenters. The third-order valence-corrected chi connectivity index (χ3v) is 4.65. The number of carbonyl (C=O) groups excluding carboxylic acids is 2. The van der Waals surface area contributed by atoms with E-state index in [1.54, 1.807) is 12.4 Å². The van der Waals surface area contributed by atoms with Crippen molar-refractivity contribution < 1.29 is 9.59 Å². The van der Waals surface area contributed by atoms with Crippen molar-refractivity contribution in [3.8, 4) is 0 Å². The highest BCUT2D eigenvalue weighted by atomic mass is 16.2. The number of likely N-dealkylation sites (tertiary alicyclic amines) is 1. The molecule has 1 aliphatic heterocycles. The van der Waals surface area contributed by atoms with Gasteiger partial charge < -0.3 is 10.2 Å². The van der Waals surface area contributed by atoms with Crippen molar-refractivity contribution in [3.63, 3.8) is 0 Å². The van der Waals surface area contributed by atoms with Crippen LogP contribution < -0.4 is 5.32 Å². The molecule has 0 aromatic carbocycles. The largest absolute Gasteiger partial charge is 0.356 e. The van der Waals surface area contributed by atoms with E-state index in [2.05, 4.69) is 38.0 Å². The van der Waals surface area contributed by atoms with Gasteiger partial charge in [0.2, 0.25) is 11.8 Å². The van der Waals surface area contributed by atoms with Gasteiger partial charge in [0.1, 0.15) is 0 Å². The SMILES string of the molecule is CC(C)CCNC(=O)[C@@H]1CCC(=O)N(CC(C)C)[C@H]1c1cccnc1. The van der Waals surface area contributed by atoms with E-state index < -0.39 is 0 Å². The fourth-order valence-electron chi connectivity index (χ4n) is 3.41. The predicted molar refractivity (Wildman–Crippen MR) is 98.7 cm³/mol. The maximum Gasteiger partial charge on any atom is 0.225 e. The Morgan fingerprint density at radius 3 is 2.68 bits per heavy atom.